The van der Waals surface area contributed by atoms with Crippen molar-refractivity contribution in [3.63, 3.8) is 0 Å². The van der Waals surface area contributed by atoms with Crippen LogP contribution >= 0.6 is 0 Å². The molecule has 1 aliphatic rings. The predicted molar refractivity (Wildman–Crippen MR) is 95.7 cm³/mol. The van der Waals surface area contributed by atoms with Gasteiger partial charge in [-0.05, 0) is 25.0 Å². The summed E-state index contributed by atoms with van der Waals surface area (Å²) in [5.74, 6) is -0.661. The van der Waals surface area contributed by atoms with Gasteiger partial charge in [0.15, 0.2) is 0 Å². The van der Waals surface area contributed by atoms with Gasteiger partial charge in [0.1, 0.15) is 6.54 Å². The van der Waals surface area contributed by atoms with Gasteiger partial charge >= 0.3 is 5.69 Å². The van der Waals surface area contributed by atoms with E-state index in [1.807, 2.05) is 30.3 Å². The average Bonchev–Trinajstić information content (AvgIpc) is 2.65. The number of aromatic nitrogens is 2. The second-order valence-electron chi connectivity index (χ2n) is 6.27. The van der Waals surface area contributed by atoms with Gasteiger partial charge in [-0.3, -0.25) is 23.9 Å². The third-order valence-corrected chi connectivity index (χ3v) is 4.39. The van der Waals surface area contributed by atoms with E-state index in [-0.39, 0.29) is 24.3 Å². The van der Waals surface area contributed by atoms with Crippen LogP contribution in [0.3, 0.4) is 0 Å². The van der Waals surface area contributed by atoms with Crippen LogP contribution in [0.5, 0.6) is 0 Å². The third kappa shape index (κ3) is 4.27. The topological polar surface area (TPSA) is 104 Å². The summed E-state index contributed by atoms with van der Waals surface area (Å²) in [6, 6.07) is 10.4. The number of rotatable bonds is 4. The SMILES string of the molecule is O=C(Nc1ccccc1)C1CCCN(C(=O)Cn2ccc(=O)[nH]c2=O)C1. The normalized spacial score (nSPS) is 16.9. The Balaban J connectivity index is 1.62. The first-order valence-electron chi connectivity index (χ1n) is 8.46. The van der Waals surface area contributed by atoms with Gasteiger partial charge in [0, 0.05) is 31.0 Å². The summed E-state index contributed by atoms with van der Waals surface area (Å²) in [4.78, 5) is 51.4. The zero-order valence-corrected chi connectivity index (χ0v) is 14.2. The molecule has 2 N–H and O–H groups in total. The summed E-state index contributed by atoms with van der Waals surface area (Å²) in [5.41, 5.74) is -0.406. The number of amides is 2. The van der Waals surface area contributed by atoms with Crippen molar-refractivity contribution in [2.45, 2.75) is 19.4 Å². The van der Waals surface area contributed by atoms with Gasteiger partial charge in [0.2, 0.25) is 11.8 Å². The van der Waals surface area contributed by atoms with Crippen LogP contribution in [-0.4, -0.2) is 39.4 Å². The molecular weight excluding hydrogens is 336 g/mol. The number of para-hydroxylation sites is 1. The minimum atomic E-state index is -0.624. The van der Waals surface area contributed by atoms with Gasteiger partial charge in [-0.1, -0.05) is 18.2 Å². The number of aromatic amines is 1. The Morgan fingerprint density at radius 3 is 2.65 bits per heavy atom. The number of H-pyrrole nitrogens is 1. The molecule has 2 aromatic rings. The van der Waals surface area contributed by atoms with Crippen LogP contribution in [0.25, 0.3) is 0 Å². The molecule has 0 radical (unpaired) electrons. The number of nitrogens with one attached hydrogen (secondary N) is 2. The van der Waals surface area contributed by atoms with E-state index in [1.54, 1.807) is 4.90 Å². The highest BCUT2D eigenvalue weighted by Crippen LogP contribution is 2.19. The average molecular weight is 356 g/mol. The molecule has 2 heterocycles. The van der Waals surface area contributed by atoms with Crippen molar-refractivity contribution in [3.05, 3.63) is 63.4 Å². The largest absolute Gasteiger partial charge is 0.340 e. The molecule has 1 aromatic heterocycles. The number of hydrogen-bond acceptors (Lipinski definition) is 4. The first kappa shape index (κ1) is 17.7. The predicted octanol–water partition coefficient (Wildman–Crippen LogP) is 0.414. The minimum absolute atomic E-state index is 0.116. The molecule has 1 aromatic carbocycles. The molecule has 8 heteroatoms. The number of likely N-dealkylation sites (tertiary alicyclic amines) is 1. The van der Waals surface area contributed by atoms with Crippen LogP contribution in [-0.2, 0) is 16.1 Å². The maximum Gasteiger partial charge on any atom is 0.328 e. The molecule has 3 rings (SSSR count). The van der Waals surface area contributed by atoms with E-state index in [9.17, 15) is 19.2 Å². The molecule has 8 nitrogen and oxygen atoms in total. The van der Waals surface area contributed by atoms with Gasteiger partial charge in [-0.2, -0.15) is 0 Å². The summed E-state index contributed by atoms with van der Waals surface area (Å²) in [5, 5.41) is 2.86. The first-order valence-corrected chi connectivity index (χ1v) is 8.46. The second-order valence-corrected chi connectivity index (χ2v) is 6.27. The van der Waals surface area contributed by atoms with E-state index >= 15 is 0 Å². The minimum Gasteiger partial charge on any atom is -0.340 e. The first-order chi connectivity index (χ1) is 12.5. The summed E-state index contributed by atoms with van der Waals surface area (Å²) in [6.07, 6.45) is 2.72. The Labute approximate surface area is 149 Å². The number of hydrogen-bond donors (Lipinski definition) is 2. The molecule has 1 saturated heterocycles. The van der Waals surface area contributed by atoms with Crippen LogP contribution in [0.1, 0.15) is 12.8 Å². The van der Waals surface area contributed by atoms with Crippen molar-refractivity contribution < 1.29 is 9.59 Å². The summed E-state index contributed by atoms with van der Waals surface area (Å²) >= 11 is 0. The highest BCUT2D eigenvalue weighted by atomic mass is 16.2. The maximum atomic E-state index is 12.5. The van der Waals surface area contributed by atoms with Crippen LogP contribution < -0.4 is 16.6 Å². The quantitative estimate of drug-likeness (QED) is 0.828. The Kier molecular flexibility index (Phi) is 5.31. The smallest absolute Gasteiger partial charge is 0.328 e. The van der Waals surface area contributed by atoms with E-state index < -0.39 is 11.2 Å². The molecule has 136 valence electrons. The Morgan fingerprint density at radius 1 is 1.15 bits per heavy atom. The summed E-state index contributed by atoms with van der Waals surface area (Å²) in [6.45, 7) is 0.699. The lowest BCUT2D eigenvalue weighted by Crippen LogP contribution is -2.46. The highest BCUT2D eigenvalue weighted by molar-refractivity contribution is 5.93. The van der Waals surface area contributed by atoms with Crippen LogP contribution in [0.4, 0.5) is 5.69 Å². The number of nitrogens with zero attached hydrogens (tertiary/aromatic N) is 2. The van der Waals surface area contributed by atoms with E-state index in [1.165, 1.54) is 12.3 Å². The fourth-order valence-corrected chi connectivity index (χ4v) is 3.00. The molecule has 26 heavy (non-hydrogen) atoms. The fraction of sp³-hybridized carbons (Fsp3) is 0.333. The standard InChI is InChI=1S/C18H20N4O4/c23-15-8-10-22(18(26)20-15)12-16(24)21-9-4-5-13(11-21)17(25)19-14-6-2-1-3-7-14/h1-3,6-8,10,13H,4-5,9,11-12H2,(H,19,25)(H,20,23,26). The molecule has 1 unspecified atom stereocenters. The highest BCUT2D eigenvalue weighted by Gasteiger charge is 2.28. The van der Waals surface area contributed by atoms with Crippen molar-refractivity contribution in [3.8, 4) is 0 Å². The molecule has 0 saturated carbocycles. The lowest BCUT2D eigenvalue weighted by molar-refractivity contribution is -0.135. The van der Waals surface area contributed by atoms with E-state index in [0.29, 0.717) is 19.5 Å². The Morgan fingerprint density at radius 2 is 1.92 bits per heavy atom. The van der Waals surface area contributed by atoms with Gasteiger partial charge in [0.25, 0.3) is 5.56 Å². The maximum absolute atomic E-state index is 12.5. The van der Waals surface area contributed by atoms with Crippen molar-refractivity contribution >= 4 is 17.5 Å². The van der Waals surface area contributed by atoms with Gasteiger partial charge in [-0.25, -0.2) is 4.79 Å². The van der Waals surface area contributed by atoms with Crippen LogP contribution in [0.15, 0.2) is 52.2 Å². The van der Waals surface area contributed by atoms with Crippen molar-refractivity contribution in [2.75, 3.05) is 18.4 Å². The van der Waals surface area contributed by atoms with Gasteiger partial charge in [0.05, 0.1) is 5.92 Å². The number of anilines is 1. The lowest BCUT2D eigenvalue weighted by atomic mass is 9.97. The number of piperidine rings is 1. The van der Waals surface area contributed by atoms with Crippen LogP contribution in [0.2, 0.25) is 0 Å². The summed E-state index contributed by atoms with van der Waals surface area (Å²) < 4.78 is 1.15. The fourth-order valence-electron chi connectivity index (χ4n) is 3.00. The number of carbonyl (C=O) groups excluding carboxylic acids is 2. The van der Waals surface area contributed by atoms with E-state index in [2.05, 4.69) is 10.3 Å². The van der Waals surface area contributed by atoms with Crippen molar-refractivity contribution in [2.24, 2.45) is 5.92 Å². The zero-order valence-electron chi connectivity index (χ0n) is 14.2. The molecule has 1 atom stereocenters. The number of benzene rings is 1. The lowest BCUT2D eigenvalue weighted by Gasteiger charge is -2.32. The molecule has 1 fully saturated rings. The molecule has 2 amide bonds. The molecule has 0 spiro atoms. The summed E-state index contributed by atoms with van der Waals surface area (Å²) in [7, 11) is 0. The van der Waals surface area contributed by atoms with Crippen molar-refractivity contribution in [1.82, 2.24) is 14.5 Å². The molecule has 1 aliphatic heterocycles. The molecular formula is C18H20N4O4. The number of carbonyl (C=O) groups is 2. The van der Waals surface area contributed by atoms with Gasteiger partial charge < -0.3 is 10.2 Å². The monoisotopic (exact) mass is 356 g/mol. The second kappa shape index (κ2) is 7.81. The Hall–Kier alpha value is -3.16. The van der Waals surface area contributed by atoms with Gasteiger partial charge in [-0.15, -0.1) is 0 Å². The molecule has 0 aliphatic carbocycles. The Bertz CT molecular complexity index is 903. The van der Waals surface area contributed by atoms with Crippen LogP contribution in [0, 0.1) is 5.92 Å². The van der Waals surface area contributed by atoms with E-state index in [0.717, 1.165) is 16.7 Å². The van der Waals surface area contributed by atoms with E-state index in [4.69, 9.17) is 0 Å². The zero-order chi connectivity index (χ0) is 18.5. The molecule has 0 bridgehead atoms. The third-order valence-electron chi connectivity index (χ3n) is 4.39. The van der Waals surface area contributed by atoms with Crippen molar-refractivity contribution in [1.29, 1.82) is 0 Å².